The molecule has 1 aromatic rings. The van der Waals surface area contributed by atoms with Crippen molar-refractivity contribution in [1.82, 2.24) is 0 Å². The molecule has 0 amide bonds. The highest BCUT2D eigenvalue weighted by Gasteiger charge is 2.29. The molecule has 22 heavy (non-hydrogen) atoms. The van der Waals surface area contributed by atoms with Crippen molar-refractivity contribution in [3.8, 4) is 5.75 Å². The van der Waals surface area contributed by atoms with Crippen LogP contribution in [-0.4, -0.2) is 37.7 Å². The van der Waals surface area contributed by atoms with Crippen molar-refractivity contribution in [3.63, 3.8) is 0 Å². The molecule has 0 bridgehead atoms. The topological polar surface area (TPSA) is 104 Å². The molecule has 118 valence electrons. The molecule has 0 saturated heterocycles. The Morgan fingerprint density at radius 3 is 2.09 bits per heavy atom. The van der Waals surface area contributed by atoms with Gasteiger partial charge in [-0.25, -0.2) is 9.59 Å². The molecular formula is C14H16N2O6. The maximum Gasteiger partial charge on any atom is 0.344 e. The Bertz CT molecular complexity index is 523. The van der Waals surface area contributed by atoms with E-state index in [0.717, 1.165) is 0 Å². The highest BCUT2D eigenvalue weighted by Crippen LogP contribution is 2.18. The van der Waals surface area contributed by atoms with Crippen molar-refractivity contribution >= 4 is 24.1 Å². The van der Waals surface area contributed by atoms with E-state index in [1.807, 2.05) is 0 Å². The van der Waals surface area contributed by atoms with Crippen LogP contribution in [0.3, 0.4) is 0 Å². The molecular weight excluding hydrogens is 292 g/mol. The Balaban J connectivity index is 2.84. The predicted octanol–water partition coefficient (Wildman–Crippen LogP) is 1.80. The molecule has 0 spiro atoms. The Kier molecular flexibility index (Phi) is 7.24. The van der Waals surface area contributed by atoms with Crippen molar-refractivity contribution in [2.24, 2.45) is 10.2 Å². The van der Waals surface area contributed by atoms with Gasteiger partial charge in [0.1, 0.15) is 5.75 Å². The molecule has 0 unspecified atom stereocenters. The van der Waals surface area contributed by atoms with Crippen LogP contribution in [0, 0.1) is 0 Å². The standard InChI is InChI=1S/C14H16N2O6/c1-3-20-13(18)12(14(19)21-4-2)16-15-10-5-7-11(8-6-10)22-9-17/h5-9,12H,3-4H2,1-2H3. The molecule has 8 nitrogen and oxygen atoms in total. The third-order valence-corrected chi connectivity index (χ3v) is 2.33. The fourth-order valence-electron chi connectivity index (χ4n) is 1.40. The summed E-state index contributed by atoms with van der Waals surface area (Å²) in [6.45, 7) is 3.75. The van der Waals surface area contributed by atoms with E-state index in [0.29, 0.717) is 17.9 Å². The zero-order valence-electron chi connectivity index (χ0n) is 12.2. The van der Waals surface area contributed by atoms with Crippen LogP contribution in [-0.2, 0) is 23.9 Å². The van der Waals surface area contributed by atoms with Gasteiger partial charge >= 0.3 is 11.9 Å². The third-order valence-electron chi connectivity index (χ3n) is 2.33. The first kappa shape index (κ1) is 17.3. The van der Waals surface area contributed by atoms with E-state index in [1.54, 1.807) is 13.8 Å². The molecule has 0 fully saturated rings. The molecule has 0 aliphatic rings. The van der Waals surface area contributed by atoms with Crippen molar-refractivity contribution in [1.29, 1.82) is 0 Å². The highest BCUT2D eigenvalue weighted by atomic mass is 16.6. The van der Waals surface area contributed by atoms with Gasteiger partial charge in [-0.15, -0.1) is 0 Å². The number of esters is 2. The van der Waals surface area contributed by atoms with E-state index >= 15 is 0 Å². The largest absolute Gasteiger partial charge is 0.464 e. The van der Waals surface area contributed by atoms with Crippen molar-refractivity contribution in [3.05, 3.63) is 24.3 Å². The zero-order chi connectivity index (χ0) is 16.4. The van der Waals surface area contributed by atoms with Crippen molar-refractivity contribution < 1.29 is 28.6 Å². The van der Waals surface area contributed by atoms with Crippen LogP contribution in [0.2, 0.25) is 0 Å². The summed E-state index contributed by atoms with van der Waals surface area (Å²) >= 11 is 0. The summed E-state index contributed by atoms with van der Waals surface area (Å²) in [6.07, 6.45) is 0. The summed E-state index contributed by atoms with van der Waals surface area (Å²) in [5.74, 6) is -1.32. The van der Waals surface area contributed by atoms with E-state index < -0.39 is 18.0 Å². The van der Waals surface area contributed by atoms with Crippen LogP contribution in [0.25, 0.3) is 0 Å². The normalized spacial score (nSPS) is 10.5. The number of azo groups is 1. The van der Waals surface area contributed by atoms with Gasteiger partial charge in [0.2, 0.25) is 0 Å². The summed E-state index contributed by atoms with van der Waals surface area (Å²) in [5, 5.41) is 7.47. The van der Waals surface area contributed by atoms with Gasteiger partial charge in [0, 0.05) is 0 Å². The first-order chi connectivity index (χ1) is 10.6. The van der Waals surface area contributed by atoms with Crippen molar-refractivity contribution in [2.75, 3.05) is 13.2 Å². The van der Waals surface area contributed by atoms with Crippen LogP contribution >= 0.6 is 0 Å². The van der Waals surface area contributed by atoms with Gasteiger partial charge in [0.05, 0.1) is 18.9 Å². The quantitative estimate of drug-likeness (QED) is 0.314. The van der Waals surface area contributed by atoms with Crippen molar-refractivity contribution in [2.45, 2.75) is 19.9 Å². The summed E-state index contributed by atoms with van der Waals surface area (Å²) in [6, 6.07) is 4.54. The molecule has 8 heteroatoms. The average Bonchev–Trinajstić information content (AvgIpc) is 2.50. The number of rotatable bonds is 8. The molecule has 1 aromatic carbocycles. The van der Waals surface area contributed by atoms with Crippen LogP contribution in [0.15, 0.2) is 34.5 Å². The van der Waals surface area contributed by atoms with Crippen LogP contribution in [0.5, 0.6) is 5.75 Å². The minimum Gasteiger partial charge on any atom is -0.464 e. The first-order valence-electron chi connectivity index (χ1n) is 6.56. The van der Waals surface area contributed by atoms with Gasteiger partial charge in [-0.1, -0.05) is 0 Å². The third kappa shape index (κ3) is 5.31. The minimum absolute atomic E-state index is 0.113. The van der Waals surface area contributed by atoms with E-state index in [2.05, 4.69) is 15.0 Å². The molecule has 1 rings (SSSR count). The number of benzene rings is 1. The molecule has 0 radical (unpaired) electrons. The monoisotopic (exact) mass is 308 g/mol. The maximum absolute atomic E-state index is 11.7. The van der Waals surface area contributed by atoms with Crippen LogP contribution < -0.4 is 4.74 Å². The molecule has 0 aliphatic carbocycles. The fourth-order valence-corrected chi connectivity index (χ4v) is 1.40. The van der Waals surface area contributed by atoms with Gasteiger partial charge in [-0.3, -0.25) is 4.79 Å². The number of carbonyl (C=O) groups is 3. The molecule has 0 atom stereocenters. The van der Waals surface area contributed by atoms with E-state index in [-0.39, 0.29) is 13.2 Å². The molecule has 0 aliphatic heterocycles. The Morgan fingerprint density at radius 2 is 1.64 bits per heavy atom. The number of hydrogen-bond acceptors (Lipinski definition) is 8. The average molecular weight is 308 g/mol. The number of nitrogens with zero attached hydrogens (tertiary/aromatic N) is 2. The summed E-state index contributed by atoms with van der Waals surface area (Å²) in [4.78, 5) is 33.5. The van der Waals surface area contributed by atoms with Gasteiger partial charge in [0.25, 0.3) is 12.5 Å². The van der Waals surface area contributed by atoms with E-state index in [1.165, 1.54) is 24.3 Å². The summed E-state index contributed by atoms with van der Waals surface area (Å²) < 4.78 is 14.1. The van der Waals surface area contributed by atoms with Gasteiger partial charge < -0.3 is 14.2 Å². The maximum atomic E-state index is 11.7. The van der Waals surface area contributed by atoms with Gasteiger partial charge in [0.15, 0.2) is 0 Å². The van der Waals surface area contributed by atoms with Crippen LogP contribution in [0.1, 0.15) is 13.8 Å². The van der Waals surface area contributed by atoms with Crippen LogP contribution in [0.4, 0.5) is 5.69 Å². The lowest BCUT2D eigenvalue weighted by atomic mass is 10.3. The Morgan fingerprint density at radius 1 is 1.09 bits per heavy atom. The second-order valence-corrected chi connectivity index (χ2v) is 3.83. The van der Waals surface area contributed by atoms with Gasteiger partial charge in [-0.05, 0) is 38.1 Å². The number of hydrogen-bond donors (Lipinski definition) is 0. The Labute approximate surface area is 127 Å². The molecule has 0 heterocycles. The summed E-state index contributed by atoms with van der Waals surface area (Å²) in [5.41, 5.74) is 0.372. The first-order valence-corrected chi connectivity index (χ1v) is 6.56. The highest BCUT2D eigenvalue weighted by molar-refractivity contribution is 5.99. The summed E-state index contributed by atoms with van der Waals surface area (Å²) in [7, 11) is 0. The van der Waals surface area contributed by atoms with E-state index in [4.69, 9.17) is 9.47 Å². The lowest BCUT2D eigenvalue weighted by Crippen LogP contribution is -2.31. The smallest absolute Gasteiger partial charge is 0.344 e. The zero-order valence-corrected chi connectivity index (χ0v) is 12.2. The number of carbonyl (C=O) groups excluding carboxylic acids is 3. The predicted molar refractivity (Wildman–Crippen MR) is 74.7 cm³/mol. The molecule has 0 N–H and O–H groups in total. The Hall–Kier alpha value is -2.77. The second-order valence-electron chi connectivity index (χ2n) is 3.83. The lowest BCUT2D eigenvalue weighted by Gasteiger charge is -2.09. The fraction of sp³-hybridized carbons (Fsp3) is 0.357. The number of ether oxygens (including phenoxy) is 3. The van der Waals surface area contributed by atoms with E-state index in [9.17, 15) is 14.4 Å². The van der Waals surface area contributed by atoms with Gasteiger partial charge in [-0.2, -0.15) is 10.2 Å². The second kappa shape index (κ2) is 9.22. The lowest BCUT2D eigenvalue weighted by molar-refractivity contribution is -0.156. The molecule has 0 aromatic heterocycles. The minimum atomic E-state index is -1.47. The molecule has 0 saturated carbocycles. The SMILES string of the molecule is CCOC(=O)C(N=Nc1ccc(OC=O)cc1)C(=O)OCC.